The number of nitrogens with two attached hydrogens (primary N) is 1. The number of sulfone groups is 1. The topological polar surface area (TPSA) is 185 Å². The summed E-state index contributed by atoms with van der Waals surface area (Å²) in [5, 5.41) is 17.5. The highest BCUT2D eigenvalue weighted by atomic mass is 32.2. The highest BCUT2D eigenvalue weighted by molar-refractivity contribution is 7.92. The Morgan fingerprint density at radius 3 is 2.41 bits per heavy atom. The lowest BCUT2D eigenvalue weighted by Gasteiger charge is -2.42. The smallest absolute Gasteiger partial charge is 0.407 e. The zero-order valence-electron chi connectivity index (χ0n) is 26.6. The Labute approximate surface area is 270 Å². The summed E-state index contributed by atoms with van der Waals surface area (Å²) in [6, 6.07) is 13.6. The first-order valence-corrected chi connectivity index (χ1v) is 16.7. The molecule has 2 heterocycles. The average molecular weight is 664 g/mol. The summed E-state index contributed by atoms with van der Waals surface area (Å²) in [6.07, 6.45) is -3.50. The summed E-state index contributed by atoms with van der Waals surface area (Å²) >= 11 is 0. The molecule has 0 radical (unpaired) electrons. The van der Waals surface area contributed by atoms with Crippen molar-refractivity contribution in [2.75, 3.05) is 34.0 Å². The van der Waals surface area contributed by atoms with Crippen molar-refractivity contribution in [2.24, 2.45) is 17.1 Å². The van der Waals surface area contributed by atoms with Crippen LogP contribution in [0.3, 0.4) is 0 Å². The van der Waals surface area contributed by atoms with Crippen LogP contribution in [0, 0.1) is 11.3 Å². The average Bonchev–Trinajstić information content (AvgIpc) is 3.65. The lowest BCUT2D eigenvalue weighted by Crippen LogP contribution is -2.65. The zero-order chi connectivity index (χ0) is 33.5. The molecule has 2 fully saturated rings. The molecule has 0 aliphatic carbocycles. The van der Waals surface area contributed by atoms with Crippen molar-refractivity contribution in [3.8, 4) is 5.75 Å². The minimum Gasteiger partial charge on any atom is -0.497 e. The number of ether oxygens (including phenoxy) is 5. The minimum atomic E-state index is -4.48. The molecule has 2 amide bonds. The molecule has 0 saturated carbocycles. The van der Waals surface area contributed by atoms with Crippen LogP contribution in [0.2, 0.25) is 0 Å². The summed E-state index contributed by atoms with van der Waals surface area (Å²) in [5.41, 5.74) is 6.82. The maximum Gasteiger partial charge on any atom is 0.407 e. The highest BCUT2D eigenvalue weighted by Gasteiger charge is 2.53. The van der Waals surface area contributed by atoms with Crippen molar-refractivity contribution in [1.82, 2.24) is 10.6 Å². The molecule has 2 aliphatic heterocycles. The van der Waals surface area contributed by atoms with Crippen molar-refractivity contribution >= 4 is 22.0 Å². The molecule has 254 valence electrons. The molecular formula is C32H45N3O10S. The van der Waals surface area contributed by atoms with Crippen LogP contribution in [-0.4, -0.2) is 89.1 Å². The van der Waals surface area contributed by atoms with Gasteiger partial charge >= 0.3 is 12.2 Å². The number of methoxy groups -OCH3 is 2. The van der Waals surface area contributed by atoms with E-state index in [1.54, 1.807) is 38.1 Å². The Hall–Kier alpha value is -3.43. The number of benzene rings is 2. The third kappa shape index (κ3) is 8.28. The third-order valence-corrected chi connectivity index (χ3v) is 10.9. The number of carbonyl (C=O) groups is 2. The van der Waals surface area contributed by atoms with Gasteiger partial charge in [-0.1, -0.05) is 44.2 Å². The van der Waals surface area contributed by atoms with Gasteiger partial charge in [-0.05, 0) is 60.9 Å². The number of aliphatic hydroxyl groups is 1. The van der Waals surface area contributed by atoms with E-state index in [2.05, 4.69) is 15.4 Å². The van der Waals surface area contributed by atoms with Crippen LogP contribution in [0.5, 0.6) is 5.75 Å². The predicted octanol–water partition coefficient (Wildman–Crippen LogP) is 2.75. The van der Waals surface area contributed by atoms with Crippen LogP contribution in [0.25, 0.3) is 0 Å². The fourth-order valence-electron chi connectivity index (χ4n) is 6.06. The summed E-state index contributed by atoms with van der Waals surface area (Å²) in [7, 11) is -1.78. The third-order valence-electron chi connectivity index (χ3n) is 8.61. The van der Waals surface area contributed by atoms with Crippen molar-refractivity contribution < 1.29 is 46.8 Å². The van der Waals surface area contributed by atoms with Crippen LogP contribution in [0.15, 0.2) is 59.5 Å². The van der Waals surface area contributed by atoms with Crippen molar-refractivity contribution in [1.29, 1.82) is 0 Å². The molecule has 1 unspecified atom stereocenters. The van der Waals surface area contributed by atoms with Crippen LogP contribution in [0.4, 0.5) is 9.59 Å². The second-order valence-corrected chi connectivity index (χ2v) is 14.7. The lowest BCUT2D eigenvalue weighted by atomic mass is 9.79. The Bertz CT molecular complexity index is 1420. The quantitative estimate of drug-likeness (QED) is 0.233. The number of hydrogen-bond acceptors (Lipinski definition) is 11. The number of aliphatic hydroxyl groups excluding tert-OH is 1. The van der Waals surface area contributed by atoms with E-state index in [1.807, 2.05) is 6.07 Å². The van der Waals surface area contributed by atoms with Gasteiger partial charge < -0.3 is 45.2 Å². The fraction of sp³-hybridized carbons (Fsp3) is 0.562. The van der Waals surface area contributed by atoms with Gasteiger partial charge in [0.2, 0.25) is 0 Å². The monoisotopic (exact) mass is 663 g/mol. The van der Waals surface area contributed by atoms with Gasteiger partial charge in [-0.15, -0.1) is 0 Å². The van der Waals surface area contributed by atoms with E-state index in [-0.39, 0.29) is 36.8 Å². The van der Waals surface area contributed by atoms with Gasteiger partial charge in [0.05, 0.1) is 44.3 Å². The van der Waals surface area contributed by atoms with Gasteiger partial charge in [-0.3, -0.25) is 0 Å². The van der Waals surface area contributed by atoms with E-state index in [0.29, 0.717) is 25.2 Å². The molecule has 5 N–H and O–H groups in total. The minimum absolute atomic E-state index is 0.0504. The number of carbonyl (C=O) groups excluding carboxylic acids is 2. The first-order chi connectivity index (χ1) is 21.8. The van der Waals surface area contributed by atoms with Gasteiger partial charge in [0.1, 0.15) is 18.0 Å². The number of rotatable bonds is 14. The molecule has 13 nitrogen and oxygen atoms in total. The predicted molar refractivity (Wildman–Crippen MR) is 168 cm³/mol. The van der Waals surface area contributed by atoms with E-state index in [1.165, 1.54) is 38.5 Å². The molecule has 0 spiro atoms. The lowest BCUT2D eigenvalue weighted by molar-refractivity contribution is -0.0907. The molecular weight excluding hydrogens is 618 g/mol. The normalized spacial score (nSPS) is 22.2. The second kappa shape index (κ2) is 15.0. The number of alkyl carbamates (subject to hydrolysis) is 2. The summed E-state index contributed by atoms with van der Waals surface area (Å²) in [4.78, 5) is 22.6. The molecule has 46 heavy (non-hydrogen) atoms. The molecule has 4 rings (SSSR count). The van der Waals surface area contributed by atoms with Crippen LogP contribution in [-0.2, 0) is 35.2 Å². The number of fused-ring (bicyclic) bond motifs is 1. The Morgan fingerprint density at radius 2 is 1.76 bits per heavy atom. The molecule has 2 aromatic carbocycles. The van der Waals surface area contributed by atoms with Gasteiger partial charge in [0.15, 0.2) is 21.0 Å². The molecule has 2 aliphatic rings. The number of nitrogens with one attached hydrogen (secondary N) is 2. The van der Waals surface area contributed by atoms with Crippen LogP contribution in [0.1, 0.15) is 38.7 Å². The fourth-order valence-corrected chi connectivity index (χ4v) is 8.06. The van der Waals surface area contributed by atoms with Crippen molar-refractivity contribution in [3.63, 3.8) is 0 Å². The van der Waals surface area contributed by atoms with Gasteiger partial charge in [-0.2, -0.15) is 0 Å². The van der Waals surface area contributed by atoms with E-state index < -0.39 is 56.8 Å². The number of hydrogen-bond donors (Lipinski definition) is 4. The van der Waals surface area contributed by atoms with E-state index >= 15 is 0 Å². The van der Waals surface area contributed by atoms with Crippen LogP contribution >= 0.6 is 0 Å². The van der Waals surface area contributed by atoms with E-state index in [4.69, 9.17) is 24.7 Å². The Balaban J connectivity index is 1.67. The standard InChI is InChI=1S/C32H45N3O10S/c1-31(2,15-16-34-29(37)42-4)20-32(33,46(39,40)23-12-10-22(41-3)11-13-23)27(36)25(18-21-8-6-5-7-9-21)35-30(38)45-26-19-44-28-24(26)14-17-43-28/h5-13,24-28,36H,14-20,33H2,1-4H3,(H,34,37)(H,35,38)/t24-,25-,26-,27+,28+,32?/m0/s1. The van der Waals surface area contributed by atoms with E-state index in [9.17, 15) is 23.1 Å². The largest absolute Gasteiger partial charge is 0.497 e. The molecule has 6 atom stereocenters. The maximum atomic E-state index is 14.5. The molecule has 0 bridgehead atoms. The summed E-state index contributed by atoms with van der Waals surface area (Å²) in [6.45, 7) is 4.41. The highest BCUT2D eigenvalue weighted by Crippen LogP contribution is 2.39. The molecule has 2 saturated heterocycles. The summed E-state index contributed by atoms with van der Waals surface area (Å²) < 4.78 is 55.6. The van der Waals surface area contributed by atoms with Crippen molar-refractivity contribution in [3.05, 3.63) is 60.2 Å². The molecule has 2 aromatic rings. The van der Waals surface area contributed by atoms with Gasteiger partial charge in [0, 0.05) is 6.54 Å². The van der Waals surface area contributed by atoms with Crippen molar-refractivity contribution in [2.45, 2.75) is 73.8 Å². The first-order valence-electron chi connectivity index (χ1n) is 15.2. The van der Waals surface area contributed by atoms with Gasteiger partial charge in [0.25, 0.3) is 0 Å². The van der Waals surface area contributed by atoms with E-state index in [0.717, 1.165) is 5.56 Å². The summed E-state index contributed by atoms with van der Waals surface area (Å²) in [5.74, 6) is 0.320. The first kappa shape index (κ1) is 35.4. The second-order valence-electron chi connectivity index (χ2n) is 12.5. The van der Waals surface area contributed by atoms with Gasteiger partial charge in [-0.25, -0.2) is 18.0 Å². The molecule has 14 heteroatoms. The zero-order valence-corrected chi connectivity index (χ0v) is 27.5. The Morgan fingerprint density at radius 1 is 1.07 bits per heavy atom. The number of amides is 2. The SMILES string of the molecule is COC(=O)NCCC(C)(C)CC(N)([C@H](O)[C@H](Cc1ccccc1)NC(=O)O[C@H]1CO[C@H]2OCC[C@H]21)S(=O)(=O)c1ccc(OC)cc1. The molecule has 0 aromatic heterocycles. The Kier molecular flexibility index (Phi) is 11.5. The maximum absolute atomic E-state index is 14.5. The van der Waals surface area contributed by atoms with Crippen LogP contribution < -0.4 is 21.1 Å².